The normalized spacial score (nSPS) is 15.7. The zero-order chi connectivity index (χ0) is 27.4. The van der Waals surface area contributed by atoms with Crippen LogP contribution in [0.25, 0.3) is 0 Å². The van der Waals surface area contributed by atoms with Gasteiger partial charge in [0.15, 0.2) is 11.5 Å². The molecule has 208 valence electrons. The molecule has 4 N–H and O–H groups in total. The molecule has 3 rings (SSSR count). The van der Waals surface area contributed by atoms with Gasteiger partial charge in [-0.1, -0.05) is 12.1 Å². The van der Waals surface area contributed by atoms with E-state index in [4.69, 9.17) is 35.4 Å². The van der Waals surface area contributed by atoms with Gasteiger partial charge in [-0.2, -0.15) is 0 Å². The molecule has 0 aromatic heterocycles. The fraction of sp³-hybridized carbons (Fsp3) is 0.464. The number of benzene rings is 2. The number of rotatable bonds is 12. The first kappa shape index (κ1) is 31.5. The zero-order valence-corrected chi connectivity index (χ0v) is 25.2. The Morgan fingerprint density at radius 3 is 1.92 bits per heavy atom. The van der Waals surface area contributed by atoms with Gasteiger partial charge in [-0.25, -0.2) is 0 Å². The summed E-state index contributed by atoms with van der Waals surface area (Å²) in [6, 6.07) is 9.89. The summed E-state index contributed by atoms with van der Waals surface area (Å²) in [4.78, 5) is 29.3. The maximum atomic E-state index is 12.3. The molecule has 2 unspecified atom stereocenters. The summed E-state index contributed by atoms with van der Waals surface area (Å²) in [5.74, 6) is 0.154. The van der Waals surface area contributed by atoms with Gasteiger partial charge >= 0.3 is 0 Å². The average molecular weight is 640 g/mol. The summed E-state index contributed by atoms with van der Waals surface area (Å²) in [7, 11) is 6.12. The molecule has 0 fully saturated rings. The van der Waals surface area contributed by atoms with Gasteiger partial charge in [0.05, 0.1) is 14.2 Å². The zero-order valence-electron chi connectivity index (χ0n) is 22.9. The number of carbonyl (C=O) groups is 2. The number of hydrogen-bond acceptors (Lipinski definition) is 7. The van der Waals surface area contributed by atoms with Crippen molar-refractivity contribution in [3.63, 3.8) is 0 Å². The van der Waals surface area contributed by atoms with Crippen molar-refractivity contribution in [2.45, 2.75) is 50.7 Å². The van der Waals surface area contributed by atoms with Crippen LogP contribution in [0, 0.1) is 0 Å². The maximum Gasteiger partial charge on any atom is 0.249 e. The number of fused-ring (bicyclic) bond motifs is 1. The van der Waals surface area contributed by atoms with Crippen LogP contribution in [0.4, 0.5) is 0 Å². The Morgan fingerprint density at radius 2 is 1.42 bits per heavy atom. The fourth-order valence-electron chi connectivity index (χ4n) is 4.52. The molecule has 10 heteroatoms. The lowest BCUT2D eigenvalue weighted by Crippen LogP contribution is -2.46. The van der Waals surface area contributed by atoms with Gasteiger partial charge in [-0.3, -0.25) is 14.6 Å². The molecule has 1 heterocycles. The van der Waals surface area contributed by atoms with Gasteiger partial charge in [-0.15, -0.1) is 24.0 Å². The van der Waals surface area contributed by atoms with Gasteiger partial charge in [0.25, 0.3) is 0 Å². The standard InChI is InChI=1S/C28H37N3O6.HI/c1-27(36-5,25(29)32)15-19-13-18-9-10-31-22(11-17-7-8-23(34-3)24(12-17)35-4)21(18)14-20(19)16-28(2,37-6)26(30)33;/h7-8,12-14H,9-11,15-16H2,1-6H3,(H2,29,32)(H2,30,33);1H. The van der Waals surface area contributed by atoms with E-state index in [-0.39, 0.29) is 36.8 Å². The summed E-state index contributed by atoms with van der Waals surface area (Å²) in [6.45, 7) is 3.95. The third-order valence-corrected chi connectivity index (χ3v) is 7.24. The van der Waals surface area contributed by atoms with E-state index in [9.17, 15) is 9.59 Å². The first-order chi connectivity index (χ1) is 17.5. The Morgan fingerprint density at radius 1 is 0.868 bits per heavy atom. The molecule has 2 atom stereocenters. The molecular weight excluding hydrogens is 601 g/mol. The average Bonchev–Trinajstić information content (AvgIpc) is 2.88. The lowest BCUT2D eigenvalue weighted by Gasteiger charge is -2.30. The first-order valence-electron chi connectivity index (χ1n) is 12.1. The second kappa shape index (κ2) is 12.9. The molecule has 1 aliphatic heterocycles. The lowest BCUT2D eigenvalue weighted by molar-refractivity contribution is -0.138. The minimum atomic E-state index is -1.24. The molecular formula is C28H38IN3O6. The monoisotopic (exact) mass is 639 g/mol. The summed E-state index contributed by atoms with van der Waals surface area (Å²) in [5, 5.41) is 0. The van der Waals surface area contributed by atoms with Crippen molar-refractivity contribution in [1.29, 1.82) is 0 Å². The van der Waals surface area contributed by atoms with Gasteiger partial charge in [0.1, 0.15) is 11.2 Å². The summed E-state index contributed by atoms with van der Waals surface area (Å²) < 4.78 is 21.9. The van der Waals surface area contributed by atoms with E-state index in [2.05, 4.69) is 6.07 Å². The predicted molar refractivity (Wildman–Crippen MR) is 157 cm³/mol. The van der Waals surface area contributed by atoms with Crippen molar-refractivity contribution < 1.29 is 28.5 Å². The highest BCUT2D eigenvalue weighted by atomic mass is 127. The van der Waals surface area contributed by atoms with Crippen LogP contribution in [0.5, 0.6) is 11.5 Å². The van der Waals surface area contributed by atoms with Crippen LogP contribution in [-0.4, -0.2) is 63.7 Å². The molecule has 0 bridgehead atoms. The van der Waals surface area contributed by atoms with Crippen molar-refractivity contribution in [3.8, 4) is 11.5 Å². The van der Waals surface area contributed by atoms with Crippen LogP contribution in [0.1, 0.15) is 41.7 Å². The minimum Gasteiger partial charge on any atom is -0.493 e. The molecule has 0 spiro atoms. The Kier molecular flexibility index (Phi) is 10.7. The molecule has 2 aromatic rings. The van der Waals surface area contributed by atoms with Gasteiger partial charge in [-0.05, 0) is 66.3 Å². The molecule has 38 heavy (non-hydrogen) atoms. The van der Waals surface area contributed by atoms with E-state index in [1.165, 1.54) is 14.2 Å². The summed E-state index contributed by atoms with van der Waals surface area (Å²) in [6.07, 6.45) is 1.78. The number of halogens is 1. The molecule has 0 saturated carbocycles. The quantitative estimate of drug-likeness (QED) is 0.343. The van der Waals surface area contributed by atoms with Crippen LogP contribution >= 0.6 is 24.0 Å². The van der Waals surface area contributed by atoms with E-state index < -0.39 is 23.0 Å². The molecule has 1 aliphatic rings. The molecule has 2 aromatic carbocycles. The maximum absolute atomic E-state index is 12.3. The molecule has 0 radical (unpaired) electrons. The fourth-order valence-corrected chi connectivity index (χ4v) is 4.52. The Bertz CT molecular complexity index is 1220. The topological polar surface area (TPSA) is 135 Å². The number of methoxy groups -OCH3 is 4. The lowest BCUT2D eigenvalue weighted by atomic mass is 9.82. The highest BCUT2D eigenvalue weighted by molar-refractivity contribution is 14.0. The van der Waals surface area contributed by atoms with Crippen molar-refractivity contribution in [2.24, 2.45) is 16.5 Å². The smallest absolute Gasteiger partial charge is 0.249 e. The predicted octanol–water partition coefficient (Wildman–Crippen LogP) is 2.78. The number of aliphatic imine (C=N–C) groups is 1. The SMILES string of the molecule is COc1ccc(CC2=NCCc3cc(CC(C)(OC)C(N)=O)c(CC(C)(OC)C(N)=O)cc32)cc1OC.I. The van der Waals surface area contributed by atoms with E-state index in [0.717, 1.165) is 39.9 Å². The highest BCUT2D eigenvalue weighted by Crippen LogP contribution is 2.32. The first-order valence-corrected chi connectivity index (χ1v) is 12.1. The molecule has 2 amide bonds. The van der Waals surface area contributed by atoms with Crippen LogP contribution in [0.2, 0.25) is 0 Å². The number of primary amides is 2. The van der Waals surface area contributed by atoms with Gasteiger partial charge < -0.3 is 30.4 Å². The third kappa shape index (κ3) is 6.65. The Labute approximate surface area is 241 Å². The second-order valence-electron chi connectivity index (χ2n) is 9.67. The van der Waals surface area contributed by atoms with Gasteiger partial charge in [0, 0.05) is 45.7 Å². The van der Waals surface area contributed by atoms with E-state index in [0.29, 0.717) is 24.5 Å². The second-order valence-corrected chi connectivity index (χ2v) is 9.67. The molecule has 0 saturated heterocycles. The molecule has 9 nitrogen and oxygen atoms in total. The van der Waals surface area contributed by atoms with E-state index in [1.807, 2.05) is 24.3 Å². The summed E-state index contributed by atoms with van der Waals surface area (Å²) in [5.41, 5.74) is 14.6. The van der Waals surface area contributed by atoms with Crippen molar-refractivity contribution in [3.05, 3.63) is 58.1 Å². The third-order valence-electron chi connectivity index (χ3n) is 7.24. The van der Waals surface area contributed by atoms with Crippen LogP contribution in [0.3, 0.4) is 0 Å². The van der Waals surface area contributed by atoms with Crippen LogP contribution in [-0.2, 0) is 44.7 Å². The van der Waals surface area contributed by atoms with Crippen molar-refractivity contribution in [2.75, 3.05) is 35.0 Å². The summed E-state index contributed by atoms with van der Waals surface area (Å²) >= 11 is 0. The number of hydrogen-bond donors (Lipinski definition) is 2. The Hall–Kier alpha value is -2.70. The number of nitrogens with two attached hydrogens (primary N) is 2. The number of carbonyl (C=O) groups excluding carboxylic acids is 2. The number of amides is 2. The largest absolute Gasteiger partial charge is 0.493 e. The minimum absolute atomic E-state index is 0. The number of nitrogens with zero attached hydrogens (tertiary/aromatic N) is 1. The van der Waals surface area contributed by atoms with Crippen LogP contribution in [0.15, 0.2) is 35.3 Å². The van der Waals surface area contributed by atoms with E-state index in [1.54, 1.807) is 28.1 Å². The highest BCUT2D eigenvalue weighted by Gasteiger charge is 2.36. The van der Waals surface area contributed by atoms with E-state index >= 15 is 0 Å². The van der Waals surface area contributed by atoms with Crippen LogP contribution < -0.4 is 20.9 Å². The van der Waals surface area contributed by atoms with Crippen molar-refractivity contribution in [1.82, 2.24) is 0 Å². The molecule has 0 aliphatic carbocycles. The van der Waals surface area contributed by atoms with Gasteiger partial charge in [0.2, 0.25) is 11.8 Å². The van der Waals surface area contributed by atoms with Crippen molar-refractivity contribution >= 4 is 41.5 Å². The Balaban J connectivity index is 0.00000507. The number of ether oxygens (including phenoxy) is 4.